The predicted octanol–water partition coefficient (Wildman–Crippen LogP) is 2.96. The molecule has 6 nitrogen and oxygen atoms in total. The molecule has 0 aromatic heterocycles. The van der Waals surface area contributed by atoms with Crippen molar-refractivity contribution in [1.29, 1.82) is 0 Å². The lowest BCUT2D eigenvalue weighted by Crippen LogP contribution is -2.42. The van der Waals surface area contributed by atoms with E-state index in [2.05, 4.69) is 5.32 Å². The first kappa shape index (κ1) is 19.1. The van der Waals surface area contributed by atoms with E-state index in [9.17, 15) is 9.59 Å². The van der Waals surface area contributed by atoms with Gasteiger partial charge in [0.05, 0.1) is 18.9 Å². The molecule has 1 aromatic carbocycles. The summed E-state index contributed by atoms with van der Waals surface area (Å²) in [5.41, 5.74) is 2.93. The number of carboxylic acid groups (broad SMARTS) is 1. The van der Waals surface area contributed by atoms with Gasteiger partial charge in [-0.15, -0.1) is 0 Å². The molecule has 1 heterocycles. The zero-order valence-electron chi connectivity index (χ0n) is 15.0. The monoisotopic (exact) mass is 381 g/mol. The van der Waals surface area contributed by atoms with Crippen molar-refractivity contribution < 1.29 is 24.2 Å². The van der Waals surface area contributed by atoms with E-state index in [1.54, 1.807) is 0 Å². The van der Waals surface area contributed by atoms with E-state index in [0.29, 0.717) is 30.7 Å². The average Bonchev–Trinajstić information content (AvgIpc) is 2.93. The zero-order valence-corrected chi connectivity index (χ0v) is 15.8. The van der Waals surface area contributed by atoms with Crippen LogP contribution >= 0.6 is 11.6 Å². The number of amides is 1. The summed E-state index contributed by atoms with van der Waals surface area (Å²) < 4.78 is 11.7. The van der Waals surface area contributed by atoms with Crippen LogP contribution in [0.1, 0.15) is 42.4 Å². The Kier molecular flexibility index (Phi) is 5.55. The summed E-state index contributed by atoms with van der Waals surface area (Å²) in [7, 11) is 0. The minimum Gasteiger partial charge on any atom is -0.481 e. The van der Waals surface area contributed by atoms with Gasteiger partial charge in [0.1, 0.15) is 0 Å². The molecule has 2 aliphatic rings. The summed E-state index contributed by atoms with van der Waals surface area (Å²) in [5.74, 6) is -1.99. The number of aryl methyl sites for hydroxylation is 2. The van der Waals surface area contributed by atoms with Gasteiger partial charge >= 0.3 is 5.97 Å². The van der Waals surface area contributed by atoms with Crippen LogP contribution in [0.15, 0.2) is 12.1 Å². The molecule has 0 bridgehead atoms. The van der Waals surface area contributed by atoms with Crippen LogP contribution in [0.25, 0.3) is 0 Å². The van der Waals surface area contributed by atoms with Gasteiger partial charge in [0.2, 0.25) is 5.91 Å². The van der Waals surface area contributed by atoms with Crippen molar-refractivity contribution in [1.82, 2.24) is 5.32 Å². The smallest absolute Gasteiger partial charge is 0.306 e. The molecular weight excluding hydrogens is 358 g/mol. The molecule has 1 unspecified atom stereocenters. The molecular formula is C19H24ClNO5. The van der Waals surface area contributed by atoms with Gasteiger partial charge in [0.15, 0.2) is 12.0 Å². The van der Waals surface area contributed by atoms with Crippen LogP contribution in [0.4, 0.5) is 0 Å². The lowest BCUT2D eigenvalue weighted by Gasteiger charge is -2.34. The number of carboxylic acids is 1. The molecule has 0 radical (unpaired) electrons. The number of benzene rings is 1. The number of hydrogen-bond acceptors (Lipinski definition) is 4. The normalized spacial score (nSPS) is 28.3. The summed E-state index contributed by atoms with van der Waals surface area (Å²) in [6.45, 7) is 4.15. The second-order valence-electron chi connectivity index (χ2n) is 7.20. The second-order valence-corrected chi connectivity index (χ2v) is 7.64. The van der Waals surface area contributed by atoms with Gasteiger partial charge < -0.3 is 19.9 Å². The minimum absolute atomic E-state index is 0.136. The first-order chi connectivity index (χ1) is 12.3. The number of ether oxygens (including phenoxy) is 2. The summed E-state index contributed by atoms with van der Waals surface area (Å²) in [6, 6.07) is 3.70. The Balaban J connectivity index is 1.55. The molecule has 1 saturated carbocycles. The molecule has 7 heteroatoms. The van der Waals surface area contributed by atoms with Crippen LogP contribution in [0.3, 0.4) is 0 Å². The Morgan fingerprint density at radius 1 is 1.27 bits per heavy atom. The molecule has 1 spiro atoms. The number of nitrogens with one attached hydrogen (secondary N) is 1. The van der Waals surface area contributed by atoms with E-state index in [1.165, 1.54) is 0 Å². The Morgan fingerprint density at radius 2 is 1.88 bits per heavy atom. The van der Waals surface area contributed by atoms with E-state index in [0.717, 1.165) is 16.7 Å². The zero-order chi connectivity index (χ0) is 18.9. The third-order valence-corrected chi connectivity index (χ3v) is 5.49. The second kappa shape index (κ2) is 7.55. The first-order valence-electron chi connectivity index (χ1n) is 8.87. The fourth-order valence-electron chi connectivity index (χ4n) is 3.80. The number of rotatable bonds is 4. The average molecular weight is 382 g/mol. The quantitative estimate of drug-likeness (QED) is 0.837. The van der Waals surface area contributed by atoms with Gasteiger partial charge in [-0.2, -0.15) is 0 Å². The maximum atomic E-state index is 12.4. The van der Waals surface area contributed by atoms with Crippen LogP contribution in [0.2, 0.25) is 5.02 Å². The predicted molar refractivity (Wildman–Crippen MR) is 95.9 cm³/mol. The van der Waals surface area contributed by atoms with Crippen molar-refractivity contribution in [3.8, 4) is 0 Å². The van der Waals surface area contributed by atoms with Crippen molar-refractivity contribution in [2.45, 2.75) is 58.0 Å². The summed E-state index contributed by atoms with van der Waals surface area (Å²) >= 11 is 6.03. The highest BCUT2D eigenvalue weighted by molar-refractivity contribution is 6.30. The van der Waals surface area contributed by atoms with E-state index < -0.39 is 18.0 Å². The molecule has 1 saturated heterocycles. The van der Waals surface area contributed by atoms with Crippen molar-refractivity contribution in [2.75, 3.05) is 6.61 Å². The SMILES string of the molecule is Cc1cc(Cl)cc(C)c1CC(=O)NC1COC2(CCC(C(=O)O)CC2)O1. The molecule has 2 N–H and O–H groups in total. The molecule has 1 aliphatic heterocycles. The molecule has 2 fully saturated rings. The van der Waals surface area contributed by atoms with Crippen molar-refractivity contribution in [3.05, 3.63) is 33.8 Å². The van der Waals surface area contributed by atoms with Crippen LogP contribution in [-0.2, 0) is 25.5 Å². The lowest BCUT2D eigenvalue weighted by atomic mass is 9.85. The minimum atomic E-state index is -0.767. The maximum absolute atomic E-state index is 12.4. The summed E-state index contributed by atoms with van der Waals surface area (Å²) in [4.78, 5) is 23.5. The highest BCUT2D eigenvalue weighted by Gasteiger charge is 2.45. The summed E-state index contributed by atoms with van der Waals surface area (Å²) in [5, 5.41) is 12.6. The Hall–Kier alpha value is -1.63. The van der Waals surface area contributed by atoms with Gasteiger partial charge in [-0.25, -0.2) is 0 Å². The Bertz CT molecular complexity index is 689. The number of aliphatic carboxylic acids is 1. The van der Waals surface area contributed by atoms with Crippen molar-refractivity contribution in [2.24, 2.45) is 5.92 Å². The fourth-order valence-corrected chi connectivity index (χ4v) is 4.13. The van der Waals surface area contributed by atoms with E-state index >= 15 is 0 Å². The highest BCUT2D eigenvalue weighted by atomic mass is 35.5. The molecule has 1 atom stereocenters. The van der Waals surface area contributed by atoms with Gasteiger partial charge in [0.25, 0.3) is 0 Å². The Labute approximate surface area is 157 Å². The van der Waals surface area contributed by atoms with Crippen molar-refractivity contribution in [3.63, 3.8) is 0 Å². The third kappa shape index (κ3) is 4.19. The molecule has 142 valence electrons. The number of carbonyl (C=O) groups excluding carboxylic acids is 1. The third-order valence-electron chi connectivity index (χ3n) is 5.27. The molecule has 1 aliphatic carbocycles. The molecule has 1 aromatic rings. The van der Waals surface area contributed by atoms with Crippen LogP contribution in [-0.4, -0.2) is 35.6 Å². The van der Waals surface area contributed by atoms with Crippen molar-refractivity contribution >= 4 is 23.5 Å². The molecule has 26 heavy (non-hydrogen) atoms. The summed E-state index contributed by atoms with van der Waals surface area (Å²) in [6.07, 6.45) is 1.87. The van der Waals surface area contributed by atoms with E-state index in [1.807, 2.05) is 26.0 Å². The van der Waals surface area contributed by atoms with Gasteiger partial charge in [-0.1, -0.05) is 11.6 Å². The van der Waals surface area contributed by atoms with Crippen LogP contribution in [0, 0.1) is 19.8 Å². The topological polar surface area (TPSA) is 84.9 Å². The largest absolute Gasteiger partial charge is 0.481 e. The van der Waals surface area contributed by atoms with E-state index in [4.69, 9.17) is 26.2 Å². The van der Waals surface area contributed by atoms with E-state index in [-0.39, 0.29) is 24.9 Å². The van der Waals surface area contributed by atoms with Gasteiger partial charge in [-0.05, 0) is 55.5 Å². The number of halogens is 1. The highest BCUT2D eigenvalue weighted by Crippen LogP contribution is 2.39. The molecule has 3 rings (SSSR count). The Morgan fingerprint density at radius 3 is 2.46 bits per heavy atom. The number of hydrogen-bond donors (Lipinski definition) is 2. The van der Waals surface area contributed by atoms with Crippen LogP contribution < -0.4 is 5.32 Å². The standard InChI is InChI=1S/C19H24ClNO5/c1-11-7-14(20)8-12(2)15(11)9-16(22)21-17-10-25-19(26-17)5-3-13(4-6-19)18(23)24/h7-8,13,17H,3-6,9-10H2,1-2H3,(H,21,22)(H,23,24). The van der Waals surface area contributed by atoms with Gasteiger partial charge in [0, 0.05) is 17.9 Å². The first-order valence-corrected chi connectivity index (χ1v) is 9.25. The fraction of sp³-hybridized carbons (Fsp3) is 0.579. The van der Waals surface area contributed by atoms with Gasteiger partial charge in [-0.3, -0.25) is 9.59 Å². The maximum Gasteiger partial charge on any atom is 0.306 e. The van der Waals surface area contributed by atoms with Crippen LogP contribution in [0.5, 0.6) is 0 Å². The number of carbonyl (C=O) groups is 2. The lowest BCUT2D eigenvalue weighted by molar-refractivity contribution is -0.197. The molecule has 1 amide bonds.